The van der Waals surface area contributed by atoms with Gasteiger partial charge in [0.2, 0.25) is 0 Å². The van der Waals surface area contributed by atoms with Crippen LogP contribution >= 0.6 is 15.9 Å². The summed E-state index contributed by atoms with van der Waals surface area (Å²) < 4.78 is 6.22. The number of hydrogen-bond acceptors (Lipinski definition) is 3. The number of nitrogens with two attached hydrogens (primary N) is 1. The predicted octanol–water partition coefficient (Wildman–Crippen LogP) is 3.90. The second-order valence-corrected chi connectivity index (χ2v) is 5.95. The van der Waals surface area contributed by atoms with E-state index in [-0.39, 0.29) is 6.04 Å². The number of methoxy groups -OCH3 is 1. The third-order valence-electron chi connectivity index (χ3n) is 3.69. The zero-order valence-corrected chi connectivity index (χ0v) is 14.2. The van der Waals surface area contributed by atoms with Crippen molar-refractivity contribution in [3.63, 3.8) is 0 Å². The van der Waals surface area contributed by atoms with Gasteiger partial charge in [-0.15, -0.1) is 0 Å². The van der Waals surface area contributed by atoms with Crippen LogP contribution in [0.5, 0.6) is 5.75 Å². The number of nitrogens with zero attached hydrogens (tertiary/aromatic N) is 1. The van der Waals surface area contributed by atoms with Gasteiger partial charge in [-0.05, 0) is 52.7 Å². The molecule has 0 aliphatic heterocycles. The highest BCUT2D eigenvalue weighted by Gasteiger charge is 2.17. The molecule has 0 fully saturated rings. The van der Waals surface area contributed by atoms with Gasteiger partial charge in [-0.25, -0.2) is 0 Å². The number of likely N-dealkylation sites (N-methyl/N-ethyl adjacent to an activating group) is 1. The van der Waals surface area contributed by atoms with Crippen molar-refractivity contribution in [2.75, 3.05) is 25.6 Å². The normalized spacial score (nSPS) is 12.0. The van der Waals surface area contributed by atoms with Gasteiger partial charge in [0.1, 0.15) is 5.75 Å². The standard InChI is InChI=1S/C17H21BrN2O/c1-12-4-7-14(8-5-12)20(2)16(11-19)13-6-9-17(21-3)15(18)10-13/h4-10,16H,11,19H2,1-3H3. The number of hydrogen-bond donors (Lipinski definition) is 1. The molecule has 4 heteroatoms. The van der Waals surface area contributed by atoms with Gasteiger partial charge >= 0.3 is 0 Å². The van der Waals surface area contributed by atoms with Crippen molar-refractivity contribution in [1.29, 1.82) is 0 Å². The molecule has 1 atom stereocenters. The number of aryl methyl sites for hydroxylation is 1. The molecular weight excluding hydrogens is 328 g/mol. The molecule has 0 aliphatic carbocycles. The van der Waals surface area contributed by atoms with Crippen LogP contribution < -0.4 is 15.4 Å². The molecule has 0 aromatic heterocycles. The smallest absolute Gasteiger partial charge is 0.133 e. The summed E-state index contributed by atoms with van der Waals surface area (Å²) >= 11 is 3.54. The Morgan fingerprint density at radius 1 is 1.19 bits per heavy atom. The summed E-state index contributed by atoms with van der Waals surface area (Å²) in [5.41, 5.74) is 9.57. The van der Waals surface area contributed by atoms with E-state index in [4.69, 9.17) is 10.5 Å². The first kappa shape index (κ1) is 15.9. The molecule has 0 saturated carbocycles. The highest BCUT2D eigenvalue weighted by Crippen LogP contribution is 2.31. The van der Waals surface area contributed by atoms with Crippen molar-refractivity contribution in [3.05, 3.63) is 58.1 Å². The Bertz CT molecular complexity index is 598. The van der Waals surface area contributed by atoms with Gasteiger partial charge in [0, 0.05) is 19.3 Å². The number of ether oxygens (including phenoxy) is 1. The molecule has 1 unspecified atom stereocenters. The summed E-state index contributed by atoms with van der Waals surface area (Å²) in [6.07, 6.45) is 0. The van der Waals surface area contributed by atoms with E-state index in [0.29, 0.717) is 6.54 Å². The van der Waals surface area contributed by atoms with E-state index in [1.807, 2.05) is 6.07 Å². The fourth-order valence-corrected chi connectivity index (χ4v) is 2.93. The van der Waals surface area contributed by atoms with Crippen LogP contribution in [0.1, 0.15) is 17.2 Å². The third-order valence-corrected chi connectivity index (χ3v) is 4.31. The van der Waals surface area contributed by atoms with E-state index >= 15 is 0 Å². The Labute approximate surface area is 134 Å². The third kappa shape index (κ3) is 3.57. The number of benzene rings is 2. The van der Waals surface area contributed by atoms with Crippen LogP contribution in [0.15, 0.2) is 46.9 Å². The molecular formula is C17H21BrN2O. The second kappa shape index (κ2) is 6.96. The van der Waals surface area contributed by atoms with E-state index in [0.717, 1.165) is 21.5 Å². The minimum atomic E-state index is 0.120. The van der Waals surface area contributed by atoms with E-state index in [1.165, 1.54) is 5.56 Å². The molecule has 0 radical (unpaired) electrons. The van der Waals surface area contributed by atoms with Crippen molar-refractivity contribution >= 4 is 21.6 Å². The van der Waals surface area contributed by atoms with Crippen LogP contribution in [0.2, 0.25) is 0 Å². The van der Waals surface area contributed by atoms with Gasteiger partial charge in [-0.3, -0.25) is 0 Å². The predicted molar refractivity (Wildman–Crippen MR) is 92.1 cm³/mol. The van der Waals surface area contributed by atoms with Crippen molar-refractivity contribution in [3.8, 4) is 5.75 Å². The van der Waals surface area contributed by atoms with Crippen molar-refractivity contribution in [2.45, 2.75) is 13.0 Å². The van der Waals surface area contributed by atoms with E-state index < -0.39 is 0 Å². The minimum absolute atomic E-state index is 0.120. The van der Waals surface area contributed by atoms with Crippen LogP contribution in [0.3, 0.4) is 0 Å². The Morgan fingerprint density at radius 2 is 1.86 bits per heavy atom. The molecule has 0 heterocycles. The first-order valence-corrected chi connectivity index (χ1v) is 7.69. The maximum Gasteiger partial charge on any atom is 0.133 e. The lowest BCUT2D eigenvalue weighted by atomic mass is 10.0. The highest BCUT2D eigenvalue weighted by molar-refractivity contribution is 9.10. The molecule has 2 N–H and O–H groups in total. The maximum atomic E-state index is 6.01. The van der Waals surface area contributed by atoms with Crippen molar-refractivity contribution in [2.24, 2.45) is 5.73 Å². The summed E-state index contributed by atoms with van der Waals surface area (Å²) in [5.74, 6) is 0.826. The average Bonchev–Trinajstić information content (AvgIpc) is 2.49. The van der Waals surface area contributed by atoms with E-state index in [1.54, 1.807) is 7.11 Å². The lowest BCUT2D eigenvalue weighted by Gasteiger charge is -2.30. The van der Waals surface area contributed by atoms with Crippen LogP contribution in [0, 0.1) is 6.92 Å². The Balaban J connectivity index is 2.30. The molecule has 0 aliphatic rings. The van der Waals surface area contributed by atoms with E-state index in [2.05, 4.69) is 71.2 Å². The molecule has 112 valence electrons. The van der Waals surface area contributed by atoms with Crippen LogP contribution in [-0.4, -0.2) is 20.7 Å². The lowest BCUT2D eigenvalue weighted by Crippen LogP contribution is -2.30. The SMILES string of the molecule is COc1ccc(C(CN)N(C)c2ccc(C)cc2)cc1Br. The number of rotatable bonds is 5. The van der Waals surface area contributed by atoms with Gasteiger partial charge in [-0.1, -0.05) is 23.8 Å². The molecule has 2 aromatic carbocycles. The minimum Gasteiger partial charge on any atom is -0.496 e. The Hall–Kier alpha value is -1.52. The quantitative estimate of drug-likeness (QED) is 0.890. The Kier molecular flexibility index (Phi) is 5.26. The maximum absolute atomic E-state index is 6.01. The van der Waals surface area contributed by atoms with Gasteiger partial charge < -0.3 is 15.4 Å². The van der Waals surface area contributed by atoms with Crippen molar-refractivity contribution < 1.29 is 4.74 Å². The summed E-state index contributed by atoms with van der Waals surface area (Å²) in [6, 6.07) is 14.7. The molecule has 0 spiro atoms. The summed E-state index contributed by atoms with van der Waals surface area (Å²) in [4.78, 5) is 2.20. The molecule has 2 aromatic rings. The van der Waals surface area contributed by atoms with Gasteiger partial charge in [0.05, 0.1) is 17.6 Å². The van der Waals surface area contributed by atoms with E-state index in [9.17, 15) is 0 Å². The summed E-state index contributed by atoms with van der Waals surface area (Å²) in [5, 5.41) is 0. The molecule has 0 saturated heterocycles. The fraction of sp³-hybridized carbons (Fsp3) is 0.294. The van der Waals surface area contributed by atoms with Gasteiger partial charge in [0.15, 0.2) is 0 Å². The largest absolute Gasteiger partial charge is 0.496 e. The molecule has 3 nitrogen and oxygen atoms in total. The van der Waals surface area contributed by atoms with Gasteiger partial charge in [0.25, 0.3) is 0 Å². The zero-order valence-electron chi connectivity index (χ0n) is 12.6. The molecule has 0 amide bonds. The first-order valence-electron chi connectivity index (χ1n) is 6.89. The van der Waals surface area contributed by atoms with Gasteiger partial charge in [-0.2, -0.15) is 0 Å². The second-order valence-electron chi connectivity index (χ2n) is 5.09. The van der Waals surface area contributed by atoms with Crippen LogP contribution in [0.25, 0.3) is 0 Å². The molecule has 0 bridgehead atoms. The monoisotopic (exact) mass is 348 g/mol. The number of anilines is 1. The van der Waals surface area contributed by atoms with Crippen LogP contribution in [0.4, 0.5) is 5.69 Å². The molecule has 2 rings (SSSR count). The highest BCUT2D eigenvalue weighted by atomic mass is 79.9. The summed E-state index contributed by atoms with van der Waals surface area (Å²) in [6.45, 7) is 2.63. The fourth-order valence-electron chi connectivity index (χ4n) is 2.37. The summed E-state index contributed by atoms with van der Waals surface area (Å²) in [7, 11) is 3.74. The average molecular weight is 349 g/mol. The Morgan fingerprint density at radius 3 is 2.38 bits per heavy atom. The molecule has 21 heavy (non-hydrogen) atoms. The number of halogens is 1. The zero-order chi connectivity index (χ0) is 15.4. The topological polar surface area (TPSA) is 38.5 Å². The lowest BCUT2D eigenvalue weighted by molar-refractivity contribution is 0.412. The van der Waals surface area contributed by atoms with Crippen LogP contribution in [-0.2, 0) is 0 Å². The van der Waals surface area contributed by atoms with Crippen molar-refractivity contribution in [1.82, 2.24) is 0 Å². The first-order chi connectivity index (χ1) is 10.1.